The van der Waals surface area contributed by atoms with Gasteiger partial charge >= 0.3 is 0 Å². The molecule has 2 aromatic rings. The minimum atomic E-state index is -0.238. The Balaban J connectivity index is 2.01. The SMILES string of the molecule is COc1cc(CNCc2cc(F)ccc2Br)cc(OC)c1. The van der Waals surface area contributed by atoms with Crippen LogP contribution in [-0.4, -0.2) is 14.2 Å². The van der Waals surface area contributed by atoms with Gasteiger partial charge in [0.25, 0.3) is 0 Å². The highest BCUT2D eigenvalue weighted by Crippen LogP contribution is 2.23. The van der Waals surface area contributed by atoms with Crippen LogP contribution in [0.25, 0.3) is 0 Å². The lowest BCUT2D eigenvalue weighted by molar-refractivity contribution is 0.393. The molecule has 0 bridgehead atoms. The second-order valence-corrected chi connectivity index (χ2v) is 5.41. The average molecular weight is 354 g/mol. The first kappa shape index (κ1) is 15.8. The van der Waals surface area contributed by atoms with Crippen LogP contribution < -0.4 is 14.8 Å². The molecule has 21 heavy (non-hydrogen) atoms. The lowest BCUT2D eigenvalue weighted by Gasteiger charge is -2.10. The quantitative estimate of drug-likeness (QED) is 0.854. The van der Waals surface area contributed by atoms with Crippen LogP contribution in [0.1, 0.15) is 11.1 Å². The fourth-order valence-electron chi connectivity index (χ4n) is 1.99. The summed E-state index contributed by atoms with van der Waals surface area (Å²) in [6, 6.07) is 10.4. The molecule has 0 aliphatic heterocycles. The smallest absolute Gasteiger partial charge is 0.123 e. The maximum Gasteiger partial charge on any atom is 0.123 e. The third-order valence-corrected chi connectivity index (χ3v) is 3.84. The summed E-state index contributed by atoms with van der Waals surface area (Å²) in [5.41, 5.74) is 1.92. The monoisotopic (exact) mass is 353 g/mol. The fraction of sp³-hybridized carbons (Fsp3) is 0.250. The highest BCUT2D eigenvalue weighted by Gasteiger charge is 2.04. The summed E-state index contributed by atoms with van der Waals surface area (Å²) < 4.78 is 24.6. The number of hydrogen-bond donors (Lipinski definition) is 1. The van der Waals surface area contributed by atoms with Gasteiger partial charge in [0.1, 0.15) is 17.3 Å². The summed E-state index contributed by atoms with van der Waals surface area (Å²) in [4.78, 5) is 0. The van der Waals surface area contributed by atoms with E-state index in [1.54, 1.807) is 20.3 Å². The number of ether oxygens (including phenoxy) is 2. The number of benzene rings is 2. The van der Waals surface area contributed by atoms with Crippen LogP contribution in [0.5, 0.6) is 11.5 Å². The van der Waals surface area contributed by atoms with E-state index in [0.29, 0.717) is 13.1 Å². The van der Waals surface area contributed by atoms with Crippen LogP contribution >= 0.6 is 15.9 Å². The van der Waals surface area contributed by atoms with Crippen molar-refractivity contribution in [3.8, 4) is 11.5 Å². The van der Waals surface area contributed by atoms with Crippen molar-refractivity contribution in [1.29, 1.82) is 0 Å². The van der Waals surface area contributed by atoms with E-state index in [1.165, 1.54) is 12.1 Å². The summed E-state index contributed by atoms with van der Waals surface area (Å²) in [7, 11) is 3.24. The van der Waals surface area contributed by atoms with Crippen molar-refractivity contribution in [3.63, 3.8) is 0 Å². The molecule has 0 aromatic heterocycles. The minimum Gasteiger partial charge on any atom is -0.497 e. The molecule has 0 aliphatic rings. The highest BCUT2D eigenvalue weighted by molar-refractivity contribution is 9.10. The molecule has 0 atom stereocenters. The van der Waals surface area contributed by atoms with Crippen LogP contribution in [-0.2, 0) is 13.1 Å². The number of methoxy groups -OCH3 is 2. The maximum atomic E-state index is 13.2. The molecule has 2 rings (SSSR count). The lowest BCUT2D eigenvalue weighted by Crippen LogP contribution is -2.13. The van der Waals surface area contributed by atoms with Crippen molar-refractivity contribution in [1.82, 2.24) is 5.32 Å². The molecule has 2 aromatic carbocycles. The van der Waals surface area contributed by atoms with Gasteiger partial charge in [-0.2, -0.15) is 0 Å². The van der Waals surface area contributed by atoms with Crippen LogP contribution in [0.4, 0.5) is 4.39 Å². The number of halogens is 2. The van der Waals surface area contributed by atoms with Gasteiger partial charge in [0.05, 0.1) is 14.2 Å². The Bertz CT molecular complexity index is 597. The molecule has 0 saturated heterocycles. The molecule has 0 spiro atoms. The van der Waals surface area contributed by atoms with Gasteiger partial charge in [0, 0.05) is 23.6 Å². The fourth-order valence-corrected chi connectivity index (χ4v) is 2.38. The van der Waals surface area contributed by atoms with Crippen molar-refractivity contribution in [2.24, 2.45) is 0 Å². The second kappa shape index (κ2) is 7.43. The summed E-state index contributed by atoms with van der Waals surface area (Å²) in [5.74, 6) is 1.26. The molecule has 112 valence electrons. The first-order valence-electron chi connectivity index (χ1n) is 6.49. The second-order valence-electron chi connectivity index (χ2n) is 4.56. The van der Waals surface area contributed by atoms with E-state index in [4.69, 9.17) is 9.47 Å². The third kappa shape index (κ3) is 4.44. The van der Waals surface area contributed by atoms with Gasteiger partial charge in [-0.05, 0) is 41.5 Å². The van der Waals surface area contributed by atoms with E-state index in [-0.39, 0.29) is 5.82 Å². The summed E-state index contributed by atoms with van der Waals surface area (Å²) in [6.45, 7) is 1.20. The Morgan fingerprint density at radius 1 is 1.00 bits per heavy atom. The van der Waals surface area contributed by atoms with Crippen LogP contribution in [0.3, 0.4) is 0 Å². The predicted octanol–water partition coefficient (Wildman–Crippen LogP) is 3.90. The van der Waals surface area contributed by atoms with E-state index in [1.807, 2.05) is 18.2 Å². The Labute approximate surface area is 132 Å². The molecule has 0 unspecified atom stereocenters. The average Bonchev–Trinajstić information content (AvgIpc) is 2.50. The van der Waals surface area contributed by atoms with Crippen LogP contribution in [0.15, 0.2) is 40.9 Å². The van der Waals surface area contributed by atoms with Crippen molar-refractivity contribution >= 4 is 15.9 Å². The highest BCUT2D eigenvalue weighted by atomic mass is 79.9. The normalized spacial score (nSPS) is 10.5. The molecule has 0 saturated carbocycles. The topological polar surface area (TPSA) is 30.5 Å². The zero-order valence-electron chi connectivity index (χ0n) is 12.0. The Kier molecular flexibility index (Phi) is 5.59. The molecule has 0 aliphatic carbocycles. The third-order valence-electron chi connectivity index (χ3n) is 3.06. The molecule has 0 amide bonds. The van der Waals surface area contributed by atoms with E-state index in [9.17, 15) is 4.39 Å². The molecule has 3 nitrogen and oxygen atoms in total. The summed E-state index contributed by atoms with van der Waals surface area (Å²) in [5, 5.41) is 3.28. The van der Waals surface area contributed by atoms with Crippen molar-refractivity contribution in [2.75, 3.05) is 14.2 Å². The van der Waals surface area contributed by atoms with Crippen LogP contribution in [0.2, 0.25) is 0 Å². The Morgan fingerprint density at radius 3 is 2.29 bits per heavy atom. The first-order chi connectivity index (χ1) is 10.1. The van der Waals surface area contributed by atoms with Crippen LogP contribution in [0, 0.1) is 5.82 Å². The minimum absolute atomic E-state index is 0.238. The van der Waals surface area contributed by atoms with Gasteiger partial charge in [-0.1, -0.05) is 15.9 Å². The molecule has 1 N–H and O–H groups in total. The molecule has 0 heterocycles. The summed E-state index contributed by atoms with van der Waals surface area (Å²) in [6.07, 6.45) is 0. The summed E-state index contributed by atoms with van der Waals surface area (Å²) >= 11 is 3.42. The number of hydrogen-bond acceptors (Lipinski definition) is 3. The molecule has 0 radical (unpaired) electrons. The number of nitrogens with one attached hydrogen (secondary N) is 1. The number of rotatable bonds is 6. The Morgan fingerprint density at radius 2 is 1.67 bits per heavy atom. The molecular weight excluding hydrogens is 337 g/mol. The van der Waals surface area contributed by atoms with Crippen molar-refractivity contribution in [3.05, 3.63) is 57.8 Å². The lowest BCUT2D eigenvalue weighted by atomic mass is 10.2. The van der Waals surface area contributed by atoms with Gasteiger partial charge in [-0.25, -0.2) is 4.39 Å². The zero-order valence-corrected chi connectivity index (χ0v) is 13.5. The van der Waals surface area contributed by atoms with E-state index < -0.39 is 0 Å². The standard InChI is InChI=1S/C16H17BrFNO2/c1-20-14-5-11(6-15(8-14)21-2)9-19-10-12-7-13(18)3-4-16(12)17/h3-8,19H,9-10H2,1-2H3. The first-order valence-corrected chi connectivity index (χ1v) is 7.28. The van der Waals surface area contributed by atoms with E-state index in [0.717, 1.165) is 27.1 Å². The zero-order chi connectivity index (χ0) is 15.2. The van der Waals surface area contributed by atoms with Crippen molar-refractivity contribution in [2.45, 2.75) is 13.1 Å². The van der Waals surface area contributed by atoms with E-state index in [2.05, 4.69) is 21.2 Å². The van der Waals surface area contributed by atoms with Gasteiger partial charge in [-0.15, -0.1) is 0 Å². The maximum absolute atomic E-state index is 13.2. The van der Waals surface area contributed by atoms with E-state index >= 15 is 0 Å². The van der Waals surface area contributed by atoms with Gasteiger partial charge in [0.2, 0.25) is 0 Å². The molecule has 5 heteroatoms. The van der Waals surface area contributed by atoms with Gasteiger partial charge < -0.3 is 14.8 Å². The predicted molar refractivity (Wildman–Crippen MR) is 84.2 cm³/mol. The van der Waals surface area contributed by atoms with Crippen molar-refractivity contribution < 1.29 is 13.9 Å². The van der Waals surface area contributed by atoms with Gasteiger partial charge in [-0.3, -0.25) is 0 Å². The largest absolute Gasteiger partial charge is 0.497 e. The Hall–Kier alpha value is -1.59. The van der Waals surface area contributed by atoms with Gasteiger partial charge in [0.15, 0.2) is 0 Å². The molecular formula is C16H17BrFNO2. The molecule has 0 fully saturated rings.